The van der Waals surface area contributed by atoms with E-state index in [4.69, 9.17) is 21.1 Å². The highest BCUT2D eigenvalue weighted by molar-refractivity contribution is 6.31. The Bertz CT molecular complexity index is 1410. The van der Waals surface area contributed by atoms with Crippen LogP contribution in [0.2, 0.25) is 5.02 Å². The molecule has 204 valence electrons. The summed E-state index contributed by atoms with van der Waals surface area (Å²) >= 11 is 5.94. The second kappa shape index (κ2) is 12.0. The number of esters is 1. The van der Waals surface area contributed by atoms with Crippen LogP contribution >= 0.6 is 11.6 Å². The molecule has 1 unspecified atom stereocenters. The summed E-state index contributed by atoms with van der Waals surface area (Å²) in [6, 6.07) is 7.82. The molecule has 2 heterocycles. The summed E-state index contributed by atoms with van der Waals surface area (Å²) < 4.78 is 25.0. The van der Waals surface area contributed by atoms with E-state index >= 15 is 0 Å². The molecule has 39 heavy (non-hydrogen) atoms. The van der Waals surface area contributed by atoms with E-state index < -0.39 is 5.82 Å². The Morgan fingerprint density at radius 1 is 1.28 bits per heavy atom. The Morgan fingerprint density at radius 2 is 2.13 bits per heavy atom. The molecule has 2 N–H and O–H groups in total. The maximum atomic E-state index is 13.6. The van der Waals surface area contributed by atoms with Crippen molar-refractivity contribution in [3.63, 3.8) is 0 Å². The molecule has 1 aliphatic carbocycles. The lowest BCUT2D eigenvalue weighted by atomic mass is 10.1. The SMILES string of the molecule is CCC1CN(C/C=C/C(=O)Nc2cc3c(Nc4ccc(F)c(Cl)c4)ncnc3cc2OCC2CC2)CC(=O)O1. The van der Waals surface area contributed by atoms with E-state index in [1.54, 1.807) is 24.3 Å². The third-order valence-electron chi connectivity index (χ3n) is 6.55. The molecule has 9 nitrogen and oxygen atoms in total. The molecule has 0 radical (unpaired) electrons. The molecule has 1 aromatic heterocycles. The van der Waals surface area contributed by atoms with Gasteiger partial charge in [0.2, 0.25) is 5.91 Å². The van der Waals surface area contributed by atoms with Crippen LogP contribution in [0.1, 0.15) is 26.2 Å². The van der Waals surface area contributed by atoms with Gasteiger partial charge in [-0.05, 0) is 49.4 Å². The Kier molecular flexibility index (Phi) is 8.23. The molecule has 1 saturated carbocycles. The third kappa shape index (κ3) is 7.01. The summed E-state index contributed by atoms with van der Waals surface area (Å²) in [4.78, 5) is 35.3. The number of carbonyl (C=O) groups excluding carboxylic acids is 2. The molecule has 1 atom stereocenters. The fourth-order valence-corrected chi connectivity index (χ4v) is 4.41. The van der Waals surface area contributed by atoms with Gasteiger partial charge in [-0.25, -0.2) is 14.4 Å². The van der Waals surface area contributed by atoms with Crippen molar-refractivity contribution in [3.8, 4) is 5.75 Å². The molecule has 1 amide bonds. The number of nitrogens with one attached hydrogen (secondary N) is 2. The van der Waals surface area contributed by atoms with Gasteiger partial charge in [-0.2, -0.15) is 0 Å². The zero-order chi connectivity index (χ0) is 27.4. The van der Waals surface area contributed by atoms with Crippen LogP contribution < -0.4 is 15.4 Å². The lowest BCUT2D eigenvalue weighted by molar-refractivity contribution is -0.158. The number of ether oxygens (including phenoxy) is 2. The summed E-state index contributed by atoms with van der Waals surface area (Å²) in [5, 5.41) is 6.67. The van der Waals surface area contributed by atoms with E-state index in [1.165, 1.54) is 24.5 Å². The van der Waals surface area contributed by atoms with Gasteiger partial charge in [0, 0.05) is 36.3 Å². The molecule has 1 saturated heterocycles. The summed E-state index contributed by atoms with van der Waals surface area (Å²) in [5.74, 6) is 0.372. The predicted octanol–water partition coefficient (Wildman–Crippen LogP) is 5.09. The van der Waals surface area contributed by atoms with Crippen molar-refractivity contribution in [2.45, 2.75) is 32.3 Å². The molecular weight excluding hydrogens is 525 g/mol. The van der Waals surface area contributed by atoms with E-state index in [0.29, 0.717) is 59.5 Å². The van der Waals surface area contributed by atoms with Gasteiger partial charge in [0.1, 0.15) is 29.8 Å². The number of fused-ring (bicyclic) bond motifs is 1. The van der Waals surface area contributed by atoms with Crippen molar-refractivity contribution in [2.24, 2.45) is 5.92 Å². The molecule has 2 aromatic carbocycles. The number of aromatic nitrogens is 2. The van der Waals surface area contributed by atoms with Gasteiger partial charge >= 0.3 is 5.97 Å². The van der Waals surface area contributed by atoms with E-state index in [0.717, 1.165) is 19.3 Å². The molecule has 11 heteroatoms. The molecule has 3 aromatic rings. The van der Waals surface area contributed by atoms with E-state index in [1.807, 2.05) is 11.8 Å². The van der Waals surface area contributed by atoms with Gasteiger partial charge in [-0.3, -0.25) is 14.5 Å². The predicted molar refractivity (Wildman–Crippen MR) is 147 cm³/mol. The average Bonchev–Trinajstić information content (AvgIpc) is 3.74. The van der Waals surface area contributed by atoms with Crippen molar-refractivity contribution in [1.82, 2.24) is 14.9 Å². The van der Waals surface area contributed by atoms with Crippen molar-refractivity contribution in [2.75, 3.05) is 36.9 Å². The second-order valence-corrected chi connectivity index (χ2v) is 10.1. The first-order valence-corrected chi connectivity index (χ1v) is 13.3. The average molecular weight is 554 g/mol. The van der Waals surface area contributed by atoms with E-state index in [2.05, 4.69) is 20.6 Å². The van der Waals surface area contributed by atoms with Crippen LogP contribution in [0.15, 0.2) is 48.8 Å². The number of cyclic esters (lactones) is 1. The summed E-state index contributed by atoms with van der Waals surface area (Å²) in [7, 11) is 0. The zero-order valence-electron chi connectivity index (χ0n) is 21.5. The molecule has 2 aliphatic rings. The van der Waals surface area contributed by atoms with Crippen molar-refractivity contribution < 1.29 is 23.5 Å². The molecule has 5 rings (SSSR count). The Balaban J connectivity index is 1.35. The minimum atomic E-state index is -0.518. The van der Waals surface area contributed by atoms with Crippen LogP contribution in [-0.4, -0.2) is 59.1 Å². The topological polar surface area (TPSA) is 106 Å². The summed E-state index contributed by atoms with van der Waals surface area (Å²) in [5.41, 5.74) is 1.64. The van der Waals surface area contributed by atoms with Crippen LogP contribution in [0.5, 0.6) is 5.75 Å². The zero-order valence-corrected chi connectivity index (χ0v) is 22.2. The largest absolute Gasteiger partial charge is 0.491 e. The molecule has 1 aliphatic heterocycles. The van der Waals surface area contributed by atoms with Crippen LogP contribution in [0.4, 0.5) is 21.6 Å². The molecule has 2 fully saturated rings. The quantitative estimate of drug-likeness (QED) is 0.264. The number of benzene rings is 2. The number of halogens is 2. The smallest absolute Gasteiger partial charge is 0.320 e. The van der Waals surface area contributed by atoms with Crippen LogP contribution in [0.25, 0.3) is 10.9 Å². The number of rotatable bonds is 10. The third-order valence-corrected chi connectivity index (χ3v) is 6.84. The highest BCUT2D eigenvalue weighted by Crippen LogP contribution is 2.36. The van der Waals surface area contributed by atoms with Crippen LogP contribution in [-0.2, 0) is 14.3 Å². The normalized spacial score (nSPS) is 17.8. The van der Waals surface area contributed by atoms with E-state index in [-0.39, 0.29) is 29.5 Å². The summed E-state index contributed by atoms with van der Waals surface area (Å²) in [6.07, 6.45) is 7.44. The number of anilines is 3. The number of amides is 1. The monoisotopic (exact) mass is 553 g/mol. The Labute approximate surface area is 230 Å². The minimum absolute atomic E-state index is 0.0134. The number of morpholine rings is 1. The number of carbonyl (C=O) groups is 2. The number of hydrogen-bond acceptors (Lipinski definition) is 8. The Hall–Kier alpha value is -3.76. The van der Waals surface area contributed by atoms with Crippen molar-refractivity contribution in [1.29, 1.82) is 0 Å². The first-order valence-electron chi connectivity index (χ1n) is 12.9. The maximum Gasteiger partial charge on any atom is 0.320 e. The van der Waals surface area contributed by atoms with Crippen molar-refractivity contribution >= 4 is 51.6 Å². The summed E-state index contributed by atoms with van der Waals surface area (Å²) in [6.45, 7) is 3.80. The van der Waals surface area contributed by atoms with E-state index in [9.17, 15) is 14.0 Å². The highest BCUT2D eigenvalue weighted by atomic mass is 35.5. The molecule has 0 spiro atoms. The first-order chi connectivity index (χ1) is 18.9. The molecule has 0 bridgehead atoms. The lowest BCUT2D eigenvalue weighted by Crippen LogP contribution is -2.45. The minimum Gasteiger partial charge on any atom is -0.491 e. The van der Waals surface area contributed by atoms with Gasteiger partial charge < -0.3 is 20.1 Å². The van der Waals surface area contributed by atoms with Gasteiger partial charge in [0.25, 0.3) is 0 Å². The van der Waals surface area contributed by atoms with Gasteiger partial charge in [-0.1, -0.05) is 24.6 Å². The molecular formula is C28H29ClFN5O4. The van der Waals surface area contributed by atoms with Crippen LogP contribution in [0.3, 0.4) is 0 Å². The van der Waals surface area contributed by atoms with Gasteiger partial charge in [-0.15, -0.1) is 0 Å². The standard InChI is InChI=1S/C28H29ClFN5O4/c1-2-19-13-35(14-27(37)39-19)9-3-4-26(36)34-24-11-20-23(12-25(24)38-15-17-5-6-17)31-16-32-28(20)33-18-7-8-22(30)21(29)10-18/h3-4,7-8,10-12,16-17,19H,2,5-6,9,13-15H2,1H3,(H,34,36)(H,31,32,33)/b4-3+. The van der Waals surface area contributed by atoms with Gasteiger partial charge in [0.15, 0.2) is 0 Å². The second-order valence-electron chi connectivity index (χ2n) is 9.70. The van der Waals surface area contributed by atoms with Crippen LogP contribution in [0, 0.1) is 11.7 Å². The fraction of sp³-hybridized carbons (Fsp3) is 0.357. The highest BCUT2D eigenvalue weighted by Gasteiger charge is 2.25. The number of hydrogen-bond donors (Lipinski definition) is 2. The first kappa shape index (κ1) is 26.8. The van der Waals surface area contributed by atoms with Gasteiger partial charge in [0.05, 0.1) is 29.4 Å². The lowest BCUT2D eigenvalue weighted by Gasteiger charge is -2.30. The maximum absolute atomic E-state index is 13.6. The Morgan fingerprint density at radius 3 is 2.90 bits per heavy atom. The number of nitrogens with zero attached hydrogens (tertiary/aromatic N) is 3. The van der Waals surface area contributed by atoms with Crippen molar-refractivity contribution in [3.05, 3.63) is 59.7 Å². The fourth-order valence-electron chi connectivity index (χ4n) is 4.23.